The van der Waals surface area contributed by atoms with Gasteiger partial charge in [-0.15, -0.1) is 0 Å². The van der Waals surface area contributed by atoms with Gasteiger partial charge >= 0.3 is 5.63 Å². The highest BCUT2D eigenvalue weighted by molar-refractivity contribution is 6.08. The molecule has 1 N–H and O–H groups in total. The number of nitrogens with zero attached hydrogens (tertiary/aromatic N) is 1. The number of Topliss-reactive ketones (excluding diaryl/α,β-unsaturated/α-hetero) is 1. The zero-order valence-corrected chi connectivity index (χ0v) is 11.3. The van der Waals surface area contributed by atoms with Crippen molar-refractivity contribution in [1.29, 1.82) is 0 Å². The molecule has 0 radical (unpaired) electrons. The smallest absolute Gasteiger partial charge is 0.351 e. The van der Waals surface area contributed by atoms with Crippen molar-refractivity contribution in [2.45, 2.75) is 6.92 Å². The summed E-state index contributed by atoms with van der Waals surface area (Å²) in [5.41, 5.74) is -1.44. The number of fused-ring (bicyclic) bond motifs is 3. The van der Waals surface area contributed by atoms with Crippen molar-refractivity contribution in [1.82, 2.24) is 4.57 Å². The lowest BCUT2D eigenvalue weighted by atomic mass is 10.1. The Balaban J connectivity index is 2.73. The summed E-state index contributed by atoms with van der Waals surface area (Å²) in [6.45, 7) is 1.13. The number of carbonyl (C=O) groups excluding carboxylic acids is 1. The van der Waals surface area contributed by atoms with Crippen LogP contribution in [0.3, 0.4) is 0 Å². The third kappa shape index (κ3) is 1.69. The number of hydrogen-bond acceptors (Lipinski definition) is 5. The average molecular weight is 285 g/mol. The van der Waals surface area contributed by atoms with Gasteiger partial charge in [0.2, 0.25) is 0 Å². The minimum absolute atomic E-state index is 0.0128. The number of pyridine rings is 1. The number of hydrogen-bond donors (Lipinski definition) is 1. The number of aromatic nitrogens is 1. The molecule has 3 rings (SSSR count). The van der Waals surface area contributed by atoms with Crippen molar-refractivity contribution < 1.29 is 14.3 Å². The highest BCUT2D eigenvalue weighted by atomic mass is 16.4. The molecule has 0 spiro atoms. The SMILES string of the molecule is CC(=O)c1c(O)c2c(=O)n(C)c3ccccc3c2oc1=O. The molecule has 0 amide bonds. The van der Waals surface area contributed by atoms with Gasteiger partial charge in [-0.25, -0.2) is 4.79 Å². The number of aryl methyl sites for hydroxylation is 1. The molecule has 106 valence electrons. The first kappa shape index (κ1) is 13.1. The van der Waals surface area contributed by atoms with E-state index in [1.165, 1.54) is 4.57 Å². The summed E-state index contributed by atoms with van der Waals surface area (Å²) in [7, 11) is 1.54. The summed E-state index contributed by atoms with van der Waals surface area (Å²) < 4.78 is 6.47. The van der Waals surface area contributed by atoms with Gasteiger partial charge in [-0.3, -0.25) is 9.59 Å². The molecule has 0 unspecified atom stereocenters. The molecule has 6 nitrogen and oxygen atoms in total. The van der Waals surface area contributed by atoms with Crippen LogP contribution in [0.15, 0.2) is 38.3 Å². The van der Waals surface area contributed by atoms with Crippen molar-refractivity contribution in [2.75, 3.05) is 0 Å². The van der Waals surface area contributed by atoms with Crippen LogP contribution in [0.5, 0.6) is 5.75 Å². The van der Waals surface area contributed by atoms with E-state index < -0.39 is 28.3 Å². The average Bonchev–Trinajstić information content (AvgIpc) is 2.44. The summed E-state index contributed by atoms with van der Waals surface area (Å²) in [6.07, 6.45) is 0. The van der Waals surface area contributed by atoms with Crippen molar-refractivity contribution in [3.63, 3.8) is 0 Å². The second kappa shape index (κ2) is 4.31. The van der Waals surface area contributed by atoms with Crippen LogP contribution in [0.2, 0.25) is 0 Å². The number of aromatic hydroxyl groups is 1. The van der Waals surface area contributed by atoms with Gasteiger partial charge in [-0.2, -0.15) is 0 Å². The molecule has 0 fully saturated rings. The molecule has 0 saturated carbocycles. The molecule has 0 bridgehead atoms. The van der Waals surface area contributed by atoms with Crippen LogP contribution in [0, 0.1) is 0 Å². The van der Waals surface area contributed by atoms with Crippen LogP contribution < -0.4 is 11.2 Å². The number of ketones is 1. The minimum Gasteiger partial charge on any atom is -0.506 e. The maximum absolute atomic E-state index is 12.4. The Morgan fingerprint density at radius 2 is 1.90 bits per heavy atom. The molecule has 0 aliphatic heterocycles. The van der Waals surface area contributed by atoms with Crippen LogP contribution in [-0.4, -0.2) is 15.5 Å². The van der Waals surface area contributed by atoms with Gasteiger partial charge in [-0.05, 0) is 19.1 Å². The van der Waals surface area contributed by atoms with Gasteiger partial charge in [0, 0.05) is 12.4 Å². The first-order chi connectivity index (χ1) is 9.93. The fourth-order valence-corrected chi connectivity index (χ4v) is 2.46. The van der Waals surface area contributed by atoms with E-state index in [4.69, 9.17) is 4.42 Å². The van der Waals surface area contributed by atoms with E-state index in [-0.39, 0.29) is 11.0 Å². The molecule has 3 aromatic rings. The fourth-order valence-electron chi connectivity index (χ4n) is 2.46. The van der Waals surface area contributed by atoms with Gasteiger partial charge < -0.3 is 14.1 Å². The predicted octanol–water partition coefficient (Wildman–Crippen LogP) is 1.55. The van der Waals surface area contributed by atoms with Crippen LogP contribution in [0.25, 0.3) is 21.9 Å². The first-order valence-electron chi connectivity index (χ1n) is 6.22. The summed E-state index contributed by atoms with van der Waals surface area (Å²) in [4.78, 5) is 35.7. The van der Waals surface area contributed by atoms with Crippen LogP contribution in [0.1, 0.15) is 17.3 Å². The molecule has 2 aromatic heterocycles. The van der Waals surface area contributed by atoms with E-state index in [2.05, 4.69) is 0 Å². The van der Waals surface area contributed by atoms with Gasteiger partial charge in [0.1, 0.15) is 16.7 Å². The molecule has 6 heteroatoms. The lowest BCUT2D eigenvalue weighted by Crippen LogP contribution is -2.21. The fraction of sp³-hybridized carbons (Fsp3) is 0.133. The lowest BCUT2D eigenvalue weighted by Gasteiger charge is -2.09. The maximum atomic E-state index is 12.4. The van der Waals surface area contributed by atoms with Crippen molar-refractivity contribution in [3.8, 4) is 5.75 Å². The molecule has 2 heterocycles. The second-order valence-corrected chi connectivity index (χ2v) is 4.75. The third-order valence-corrected chi connectivity index (χ3v) is 3.48. The number of para-hydroxylation sites is 1. The van der Waals surface area contributed by atoms with Crippen LogP contribution >= 0.6 is 0 Å². The molecular formula is C15H11NO5. The standard InChI is InChI=1S/C15H11NO5/c1-7(17)10-12(18)11-13(21-15(10)20)8-5-3-4-6-9(8)16(2)14(11)19/h3-6,18H,1-2H3. The zero-order chi connectivity index (χ0) is 15.3. The first-order valence-corrected chi connectivity index (χ1v) is 6.22. The third-order valence-electron chi connectivity index (χ3n) is 3.48. The Labute approximate surface area is 117 Å². The number of benzene rings is 1. The van der Waals surface area contributed by atoms with E-state index in [1.54, 1.807) is 31.3 Å². The molecule has 1 aromatic carbocycles. The Bertz CT molecular complexity index is 1030. The molecule has 0 saturated heterocycles. The monoisotopic (exact) mass is 285 g/mol. The van der Waals surface area contributed by atoms with E-state index in [0.717, 1.165) is 6.92 Å². The normalized spacial score (nSPS) is 11.1. The molecule has 0 aliphatic rings. The zero-order valence-electron chi connectivity index (χ0n) is 11.3. The van der Waals surface area contributed by atoms with Gasteiger partial charge in [0.15, 0.2) is 11.4 Å². The second-order valence-electron chi connectivity index (χ2n) is 4.75. The minimum atomic E-state index is -0.953. The lowest BCUT2D eigenvalue weighted by molar-refractivity contribution is 0.101. The van der Waals surface area contributed by atoms with E-state index in [1.807, 2.05) is 0 Å². The topological polar surface area (TPSA) is 89.5 Å². The van der Waals surface area contributed by atoms with Crippen molar-refractivity contribution in [3.05, 3.63) is 50.6 Å². The highest BCUT2D eigenvalue weighted by Crippen LogP contribution is 2.28. The molecule has 0 aliphatic carbocycles. The Hall–Kier alpha value is -2.89. The van der Waals surface area contributed by atoms with E-state index >= 15 is 0 Å². The van der Waals surface area contributed by atoms with Gasteiger partial charge in [0.05, 0.1) is 5.52 Å². The molecular weight excluding hydrogens is 274 g/mol. The summed E-state index contributed by atoms with van der Waals surface area (Å²) in [5, 5.41) is 10.5. The van der Waals surface area contributed by atoms with Gasteiger partial charge in [0.25, 0.3) is 5.56 Å². The summed E-state index contributed by atoms with van der Waals surface area (Å²) >= 11 is 0. The maximum Gasteiger partial charge on any atom is 0.351 e. The predicted molar refractivity (Wildman–Crippen MR) is 76.9 cm³/mol. The Morgan fingerprint density at radius 1 is 1.24 bits per heavy atom. The van der Waals surface area contributed by atoms with Crippen molar-refractivity contribution in [2.24, 2.45) is 7.05 Å². The summed E-state index contributed by atoms with van der Waals surface area (Å²) in [6, 6.07) is 6.84. The Morgan fingerprint density at radius 3 is 2.57 bits per heavy atom. The summed E-state index contributed by atoms with van der Waals surface area (Å²) in [5.74, 6) is -1.28. The van der Waals surface area contributed by atoms with E-state index in [0.29, 0.717) is 10.9 Å². The number of rotatable bonds is 1. The Kier molecular flexibility index (Phi) is 2.69. The van der Waals surface area contributed by atoms with Crippen molar-refractivity contribution >= 4 is 27.7 Å². The van der Waals surface area contributed by atoms with E-state index in [9.17, 15) is 19.5 Å². The highest BCUT2D eigenvalue weighted by Gasteiger charge is 2.22. The van der Waals surface area contributed by atoms with Crippen LogP contribution in [-0.2, 0) is 7.05 Å². The molecule has 21 heavy (non-hydrogen) atoms. The number of carbonyl (C=O) groups is 1. The molecule has 0 atom stereocenters. The van der Waals surface area contributed by atoms with Gasteiger partial charge in [-0.1, -0.05) is 12.1 Å². The largest absolute Gasteiger partial charge is 0.506 e. The van der Waals surface area contributed by atoms with Crippen LogP contribution in [0.4, 0.5) is 0 Å². The quantitative estimate of drug-likeness (QED) is 0.541.